The summed E-state index contributed by atoms with van der Waals surface area (Å²) in [5, 5.41) is 0.335. The molecule has 1 N–H and O–H groups in total. The first-order valence-corrected chi connectivity index (χ1v) is 10.5. The Labute approximate surface area is 157 Å². The van der Waals surface area contributed by atoms with Crippen LogP contribution in [0.25, 0.3) is 0 Å². The zero-order chi connectivity index (χ0) is 18.3. The number of aromatic amines is 1. The van der Waals surface area contributed by atoms with Crippen molar-refractivity contribution in [3.8, 4) is 0 Å². The predicted molar refractivity (Wildman–Crippen MR) is 98.9 cm³/mol. The maximum absolute atomic E-state index is 12.9. The summed E-state index contributed by atoms with van der Waals surface area (Å²) in [6.45, 7) is 1.44. The van der Waals surface area contributed by atoms with Crippen LogP contribution in [-0.2, 0) is 23.0 Å². The number of carbonyl (C=O) groups is 1. The van der Waals surface area contributed by atoms with Gasteiger partial charge in [-0.15, -0.1) is 0 Å². The molecule has 0 unspecified atom stereocenters. The highest BCUT2D eigenvalue weighted by atomic mass is 35.5. The number of halogens is 1. The van der Waals surface area contributed by atoms with Gasteiger partial charge in [0.2, 0.25) is 10.0 Å². The summed E-state index contributed by atoms with van der Waals surface area (Å²) in [6.07, 6.45) is 3.77. The SMILES string of the molecule is O=C(c1ccc(Cl)c(N2CCCCS2(=O)=O)c1)N1CCc2nc[nH]c2C1. The number of amides is 1. The van der Waals surface area contributed by atoms with Crippen molar-refractivity contribution >= 4 is 33.2 Å². The molecule has 3 heterocycles. The van der Waals surface area contributed by atoms with Crippen LogP contribution >= 0.6 is 11.6 Å². The van der Waals surface area contributed by atoms with Gasteiger partial charge in [0.1, 0.15) is 0 Å². The number of hydrogen-bond acceptors (Lipinski definition) is 4. The number of nitrogens with one attached hydrogen (secondary N) is 1. The topological polar surface area (TPSA) is 86.4 Å². The van der Waals surface area contributed by atoms with Crippen LogP contribution in [0.3, 0.4) is 0 Å². The number of hydrogen-bond donors (Lipinski definition) is 1. The number of benzene rings is 1. The molecule has 2 aliphatic heterocycles. The third kappa shape index (κ3) is 3.07. The summed E-state index contributed by atoms with van der Waals surface area (Å²) in [5.41, 5.74) is 2.76. The van der Waals surface area contributed by atoms with E-state index in [1.807, 2.05) is 0 Å². The Morgan fingerprint density at radius 1 is 1.23 bits per heavy atom. The lowest BCUT2D eigenvalue weighted by Gasteiger charge is -2.30. The number of aromatic nitrogens is 2. The van der Waals surface area contributed by atoms with Crippen LogP contribution in [0.15, 0.2) is 24.5 Å². The average Bonchev–Trinajstić information content (AvgIpc) is 3.09. The van der Waals surface area contributed by atoms with E-state index in [0.29, 0.717) is 48.7 Å². The van der Waals surface area contributed by atoms with Crippen LogP contribution in [0.2, 0.25) is 5.02 Å². The summed E-state index contributed by atoms with van der Waals surface area (Å²) in [6, 6.07) is 4.84. The van der Waals surface area contributed by atoms with Crippen LogP contribution in [0, 0.1) is 0 Å². The van der Waals surface area contributed by atoms with E-state index in [9.17, 15) is 13.2 Å². The molecule has 7 nitrogen and oxygen atoms in total. The predicted octanol–water partition coefficient (Wildman–Crippen LogP) is 2.19. The first kappa shape index (κ1) is 17.4. The molecular formula is C17H19ClN4O3S. The van der Waals surface area contributed by atoms with Crippen molar-refractivity contribution in [2.75, 3.05) is 23.1 Å². The van der Waals surface area contributed by atoms with Gasteiger partial charge in [0.15, 0.2) is 0 Å². The Kier molecular flexibility index (Phi) is 4.40. The molecule has 1 amide bonds. The van der Waals surface area contributed by atoms with E-state index in [-0.39, 0.29) is 11.7 Å². The fourth-order valence-corrected chi connectivity index (χ4v) is 5.38. The van der Waals surface area contributed by atoms with Crippen LogP contribution in [-0.4, -0.2) is 48.0 Å². The molecule has 2 aromatic rings. The molecule has 1 aromatic heterocycles. The van der Waals surface area contributed by atoms with Crippen molar-refractivity contribution in [3.63, 3.8) is 0 Å². The molecule has 138 valence electrons. The standard InChI is InChI=1S/C17H19ClN4O3S/c18-13-4-3-12(9-16(13)22-6-1-2-8-26(22,24)25)17(23)21-7-5-14-15(10-21)20-11-19-14/h3-4,9,11H,1-2,5-8,10H2,(H,19,20). The highest BCUT2D eigenvalue weighted by molar-refractivity contribution is 7.92. The van der Waals surface area contributed by atoms with Crippen molar-refractivity contribution in [3.05, 3.63) is 46.5 Å². The Balaban J connectivity index is 1.63. The van der Waals surface area contributed by atoms with Crippen LogP contribution < -0.4 is 4.31 Å². The highest BCUT2D eigenvalue weighted by Gasteiger charge is 2.29. The monoisotopic (exact) mass is 394 g/mol. The van der Waals surface area contributed by atoms with Gasteiger partial charge in [-0.1, -0.05) is 11.6 Å². The second-order valence-corrected chi connectivity index (χ2v) is 8.99. The molecule has 4 rings (SSSR count). The van der Waals surface area contributed by atoms with Crippen LogP contribution in [0.4, 0.5) is 5.69 Å². The van der Waals surface area contributed by atoms with E-state index in [1.54, 1.807) is 29.4 Å². The largest absolute Gasteiger partial charge is 0.347 e. The van der Waals surface area contributed by atoms with Gasteiger partial charge in [-0.25, -0.2) is 13.4 Å². The lowest BCUT2D eigenvalue weighted by Crippen LogP contribution is -2.38. The quantitative estimate of drug-likeness (QED) is 0.845. The van der Waals surface area contributed by atoms with E-state index in [4.69, 9.17) is 11.6 Å². The summed E-state index contributed by atoms with van der Waals surface area (Å²) < 4.78 is 26.1. The minimum atomic E-state index is -3.39. The zero-order valence-electron chi connectivity index (χ0n) is 14.1. The number of imidazole rings is 1. The Morgan fingerprint density at radius 3 is 2.88 bits per heavy atom. The van der Waals surface area contributed by atoms with Gasteiger partial charge in [-0.05, 0) is 31.0 Å². The van der Waals surface area contributed by atoms with Gasteiger partial charge < -0.3 is 9.88 Å². The Morgan fingerprint density at radius 2 is 2.08 bits per heavy atom. The fourth-order valence-electron chi connectivity index (χ4n) is 3.46. The molecule has 0 saturated carbocycles. The molecule has 1 saturated heterocycles. The summed E-state index contributed by atoms with van der Waals surface area (Å²) in [5.74, 6) is -0.0338. The molecule has 0 atom stereocenters. The summed E-state index contributed by atoms with van der Waals surface area (Å²) in [4.78, 5) is 22.0. The molecule has 0 bridgehead atoms. The number of nitrogens with zero attached hydrogens (tertiary/aromatic N) is 3. The van der Waals surface area contributed by atoms with E-state index < -0.39 is 10.0 Å². The van der Waals surface area contributed by atoms with Gasteiger partial charge in [-0.3, -0.25) is 9.10 Å². The van der Waals surface area contributed by atoms with Crippen molar-refractivity contribution in [2.24, 2.45) is 0 Å². The molecular weight excluding hydrogens is 376 g/mol. The van der Waals surface area contributed by atoms with Crippen molar-refractivity contribution in [1.82, 2.24) is 14.9 Å². The highest BCUT2D eigenvalue weighted by Crippen LogP contribution is 2.32. The lowest BCUT2D eigenvalue weighted by atomic mass is 10.1. The normalized spacial score (nSPS) is 19.3. The van der Waals surface area contributed by atoms with Gasteiger partial charge in [-0.2, -0.15) is 0 Å². The number of carbonyl (C=O) groups excluding carboxylic acids is 1. The fraction of sp³-hybridized carbons (Fsp3) is 0.412. The van der Waals surface area contributed by atoms with Crippen molar-refractivity contribution in [2.45, 2.75) is 25.8 Å². The molecule has 2 aliphatic rings. The van der Waals surface area contributed by atoms with E-state index in [1.165, 1.54) is 4.31 Å². The van der Waals surface area contributed by atoms with Gasteiger partial charge in [0, 0.05) is 25.1 Å². The van der Waals surface area contributed by atoms with Gasteiger partial charge in [0.25, 0.3) is 5.91 Å². The third-order valence-electron chi connectivity index (χ3n) is 4.87. The summed E-state index contributed by atoms with van der Waals surface area (Å²) in [7, 11) is -3.39. The molecule has 1 fully saturated rings. The number of fused-ring (bicyclic) bond motifs is 1. The molecule has 9 heteroatoms. The Hall–Kier alpha value is -2.06. The zero-order valence-corrected chi connectivity index (χ0v) is 15.7. The lowest BCUT2D eigenvalue weighted by molar-refractivity contribution is 0.0732. The summed E-state index contributed by atoms with van der Waals surface area (Å²) >= 11 is 6.26. The van der Waals surface area contributed by atoms with Crippen LogP contribution in [0.1, 0.15) is 34.6 Å². The van der Waals surface area contributed by atoms with Crippen molar-refractivity contribution in [1.29, 1.82) is 0 Å². The minimum Gasteiger partial charge on any atom is -0.347 e. The maximum Gasteiger partial charge on any atom is 0.254 e. The number of rotatable bonds is 2. The molecule has 0 aliphatic carbocycles. The molecule has 0 spiro atoms. The number of anilines is 1. The van der Waals surface area contributed by atoms with E-state index in [2.05, 4.69) is 9.97 Å². The van der Waals surface area contributed by atoms with Crippen LogP contribution in [0.5, 0.6) is 0 Å². The maximum atomic E-state index is 12.9. The first-order valence-electron chi connectivity index (χ1n) is 8.56. The van der Waals surface area contributed by atoms with E-state index in [0.717, 1.165) is 17.8 Å². The van der Waals surface area contributed by atoms with Crippen molar-refractivity contribution < 1.29 is 13.2 Å². The van der Waals surface area contributed by atoms with Gasteiger partial charge >= 0.3 is 0 Å². The van der Waals surface area contributed by atoms with E-state index >= 15 is 0 Å². The third-order valence-corrected chi connectivity index (χ3v) is 7.05. The van der Waals surface area contributed by atoms with Gasteiger partial charge in [0.05, 0.1) is 40.7 Å². The molecule has 26 heavy (non-hydrogen) atoms. The first-order chi connectivity index (χ1) is 12.5. The number of sulfonamides is 1. The Bertz CT molecular complexity index is 957. The average molecular weight is 395 g/mol. The minimum absolute atomic E-state index is 0.107. The smallest absolute Gasteiger partial charge is 0.254 e. The molecule has 0 radical (unpaired) electrons. The molecule has 1 aromatic carbocycles. The second kappa shape index (κ2) is 6.59. The number of H-pyrrole nitrogens is 1. The second-order valence-electron chi connectivity index (χ2n) is 6.57.